The molecule has 1 atom stereocenters. The first-order valence-corrected chi connectivity index (χ1v) is 13.7. The summed E-state index contributed by atoms with van der Waals surface area (Å²) in [5.41, 5.74) is 5.95. The van der Waals surface area contributed by atoms with E-state index in [4.69, 9.17) is 4.98 Å². The van der Waals surface area contributed by atoms with Crippen LogP contribution < -0.4 is 15.5 Å². The Balaban J connectivity index is 1.46. The number of aryl methyl sites for hydroxylation is 1. The van der Waals surface area contributed by atoms with E-state index < -0.39 is 0 Å². The second-order valence-electron chi connectivity index (χ2n) is 12.7. The fourth-order valence-corrected chi connectivity index (χ4v) is 4.72. The minimum absolute atomic E-state index is 0.0310. The highest BCUT2D eigenvalue weighted by Gasteiger charge is 2.27. The Morgan fingerprint density at radius 1 is 0.974 bits per heavy atom. The van der Waals surface area contributed by atoms with Gasteiger partial charge in [0.1, 0.15) is 5.82 Å². The maximum absolute atomic E-state index is 13.0. The van der Waals surface area contributed by atoms with Crippen molar-refractivity contribution in [3.63, 3.8) is 0 Å². The van der Waals surface area contributed by atoms with Gasteiger partial charge in [-0.05, 0) is 65.5 Å². The molecule has 0 radical (unpaired) electrons. The Labute approximate surface area is 228 Å². The molecule has 2 aromatic carbocycles. The maximum atomic E-state index is 13.0. The maximum Gasteiger partial charge on any atom is 0.229 e. The average molecular weight is 514 g/mol. The molecule has 0 aliphatic carbocycles. The predicted molar refractivity (Wildman–Crippen MR) is 157 cm³/mol. The Morgan fingerprint density at radius 2 is 1.63 bits per heavy atom. The molecule has 2 heterocycles. The third-order valence-electron chi connectivity index (χ3n) is 7.27. The quantitative estimate of drug-likeness (QED) is 0.386. The monoisotopic (exact) mass is 513 g/mol. The summed E-state index contributed by atoms with van der Waals surface area (Å²) in [6.45, 7) is 17.6. The number of rotatable bonds is 6. The number of hydrogen-bond donors (Lipinski definition) is 2. The summed E-state index contributed by atoms with van der Waals surface area (Å²) in [7, 11) is 0. The van der Waals surface area contributed by atoms with Crippen molar-refractivity contribution in [2.24, 2.45) is 5.92 Å². The van der Waals surface area contributed by atoms with Gasteiger partial charge in [-0.3, -0.25) is 4.79 Å². The van der Waals surface area contributed by atoms with Gasteiger partial charge in [-0.25, -0.2) is 4.98 Å². The molecule has 1 amide bonds. The van der Waals surface area contributed by atoms with E-state index in [1.807, 2.05) is 6.07 Å². The van der Waals surface area contributed by atoms with E-state index in [1.54, 1.807) is 6.20 Å². The van der Waals surface area contributed by atoms with Crippen molar-refractivity contribution in [3.8, 4) is 0 Å². The number of aromatic nitrogens is 2. The van der Waals surface area contributed by atoms with Crippen molar-refractivity contribution >= 4 is 23.4 Å². The Morgan fingerprint density at radius 3 is 2.26 bits per heavy atom. The van der Waals surface area contributed by atoms with Crippen molar-refractivity contribution in [1.82, 2.24) is 15.3 Å². The zero-order chi connectivity index (χ0) is 27.5. The highest BCUT2D eigenvalue weighted by Crippen LogP contribution is 2.33. The Bertz CT molecular complexity index is 1220. The number of hydrogen-bond acceptors (Lipinski definition) is 5. The van der Waals surface area contributed by atoms with Crippen molar-refractivity contribution in [1.29, 1.82) is 0 Å². The van der Waals surface area contributed by atoms with Crippen LogP contribution in [-0.4, -0.2) is 29.0 Å². The van der Waals surface area contributed by atoms with Crippen LogP contribution in [-0.2, 0) is 22.2 Å². The van der Waals surface area contributed by atoms with E-state index in [-0.39, 0.29) is 22.7 Å². The molecule has 6 heteroatoms. The van der Waals surface area contributed by atoms with E-state index in [2.05, 4.69) is 111 Å². The standard InChI is InChI=1S/C32H43N5O/c1-22-10-12-23(13-11-22)20-34-29(38)24-9-8-16-37(21-24)28-14-15-33-30(36-28)35-27-18-25(31(2,3)4)17-26(19-27)32(5,6)7/h10-15,17-19,24H,8-9,16,20-21H2,1-7H3,(H,34,38)(H,33,35,36)/t24-/m0/s1. The van der Waals surface area contributed by atoms with Crippen LogP contribution in [0, 0.1) is 12.8 Å². The van der Waals surface area contributed by atoms with Crippen LogP contribution in [0.25, 0.3) is 0 Å². The van der Waals surface area contributed by atoms with Crippen molar-refractivity contribution < 1.29 is 4.79 Å². The molecule has 1 aliphatic heterocycles. The van der Waals surface area contributed by atoms with Crippen molar-refractivity contribution in [3.05, 3.63) is 77.0 Å². The summed E-state index contributed by atoms with van der Waals surface area (Å²) in [6, 6.07) is 16.9. The molecule has 0 saturated carbocycles. The third kappa shape index (κ3) is 7.12. The smallest absolute Gasteiger partial charge is 0.229 e. The second-order valence-corrected chi connectivity index (χ2v) is 12.7. The first kappa shape index (κ1) is 27.6. The fourth-order valence-electron chi connectivity index (χ4n) is 4.72. The van der Waals surface area contributed by atoms with E-state index in [0.29, 0.717) is 19.0 Å². The number of carbonyl (C=O) groups excluding carboxylic acids is 1. The minimum Gasteiger partial charge on any atom is -0.356 e. The van der Waals surface area contributed by atoms with Crippen molar-refractivity contribution in [2.45, 2.75) is 78.7 Å². The molecule has 38 heavy (non-hydrogen) atoms. The van der Waals surface area contributed by atoms with Gasteiger partial charge in [-0.1, -0.05) is 77.4 Å². The molecule has 3 aromatic rings. The van der Waals surface area contributed by atoms with Crippen LogP contribution in [0.1, 0.15) is 76.6 Å². The lowest BCUT2D eigenvalue weighted by atomic mass is 9.80. The highest BCUT2D eigenvalue weighted by atomic mass is 16.1. The SMILES string of the molecule is Cc1ccc(CNC(=O)[C@H]2CCCN(c3ccnc(Nc4cc(C(C)(C)C)cc(C(C)(C)C)c4)n3)C2)cc1. The molecule has 0 spiro atoms. The number of carbonyl (C=O) groups is 1. The number of anilines is 3. The zero-order valence-electron chi connectivity index (χ0n) is 24.1. The molecule has 1 aromatic heterocycles. The largest absolute Gasteiger partial charge is 0.356 e. The third-order valence-corrected chi connectivity index (χ3v) is 7.27. The molecule has 1 fully saturated rings. The first-order valence-electron chi connectivity index (χ1n) is 13.7. The van der Waals surface area contributed by atoms with Gasteiger partial charge in [-0.2, -0.15) is 4.98 Å². The van der Waals surface area contributed by atoms with Crippen LogP contribution in [0.4, 0.5) is 17.5 Å². The van der Waals surface area contributed by atoms with E-state index >= 15 is 0 Å². The van der Waals surface area contributed by atoms with Crippen LogP contribution in [0.3, 0.4) is 0 Å². The van der Waals surface area contributed by atoms with Crippen LogP contribution in [0.5, 0.6) is 0 Å². The normalized spacial score (nSPS) is 16.3. The molecule has 1 aliphatic rings. The van der Waals surface area contributed by atoms with Crippen LogP contribution in [0.15, 0.2) is 54.7 Å². The summed E-state index contributed by atoms with van der Waals surface area (Å²) in [4.78, 5) is 24.5. The van der Waals surface area contributed by atoms with Gasteiger partial charge in [0.05, 0.1) is 5.92 Å². The average Bonchev–Trinajstić information content (AvgIpc) is 2.87. The van der Waals surface area contributed by atoms with Gasteiger partial charge in [-0.15, -0.1) is 0 Å². The summed E-state index contributed by atoms with van der Waals surface area (Å²) in [6.07, 6.45) is 3.64. The molecule has 0 bridgehead atoms. The fraction of sp³-hybridized carbons (Fsp3) is 0.469. The van der Waals surface area contributed by atoms with Crippen LogP contribution in [0.2, 0.25) is 0 Å². The van der Waals surface area contributed by atoms with Gasteiger partial charge < -0.3 is 15.5 Å². The molecular weight excluding hydrogens is 470 g/mol. The zero-order valence-corrected chi connectivity index (χ0v) is 24.1. The molecule has 4 rings (SSSR count). The topological polar surface area (TPSA) is 70.2 Å². The number of piperidine rings is 1. The molecule has 1 saturated heterocycles. The second kappa shape index (κ2) is 11.1. The van der Waals surface area contributed by atoms with Gasteiger partial charge in [0.25, 0.3) is 0 Å². The lowest BCUT2D eigenvalue weighted by Gasteiger charge is -2.33. The summed E-state index contributed by atoms with van der Waals surface area (Å²) >= 11 is 0. The van der Waals surface area contributed by atoms with Gasteiger partial charge in [0, 0.05) is 31.5 Å². The van der Waals surface area contributed by atoms with E-state index in [0.717, 1.165) is 36.5 Å². The Kier molecular flexibility index (Phi) is 8.10. The molecular formula is C32H43N5O. The number of nitrogens with one attached hydrogen (secondary N) is 2. The number of amides is 1. The number of nitrogens with zero attached hydrogens (tertiary/aromatic N) is 3. The van der Waals surface area contributed by atoms with E-state index in [9.17, 15) is 4.79 Å². The lowest BCUT2D eigenvalue weighted by molar-refractivity contribution is -0.125. The molecule has 6 nitrogen and oxygen atoms in total. The first-order chi connectivity index (χ1) is 17.9. The number of benzene rings is 2. The van der Waals surface area contributed by atoms with Gasteiger partial charge >= 0.3 is 0 Å². The molecule has 0 unspecified atom stereocenters. The van der Waals surface area contributed by atoms with Gasteiger partial charge in [0.15, 0.2) is 0 Å². The lowest BCUT2D eigenvalue weighted by Crippen LogP contribution is -2.43. The minimum atomic E-state index is -0.0571. The molecule has 2 N–H and O–H groups in total. The summed E-state index contributed by atoms with van der Waals surface area (Å²) < 4.78 is 0. The summed E-state index contributed by atoms with van der Waals surface area (Å²) in [5, 5.41) is 6.58. The summed E-state index contributed by atoms with van der Waals surface area (Å²) in [5.74, 6) is 1.47. The highest BCUT2D eigenvalue weighted by molar-refractivity contribution is 5.79. The van der Waals surface area contributed by atoms with Gasteiger partial charge in [0.2, 0.25) is 11.9 Å². The predicted octanol–water partition coefficient (Wildman–Crippen LogP) is 6.66. The Hall–Kier alpha value is -3.41. The van der Waals surface area contributed by atoms with E-state index in [1.165, 1.54) is 16.7 Å². The van der Waals surface area contributed by atoms with Crippen LogP contribution >= 0.6 is 0 Å². The van der Waals surface area contributed by atoms with Crippen molar-refractivity contribution in [2.75, 3.05) is 23.3 Å². The molecule has 202 valence electrons.